The summed E-state index contributed by atoms with van der Waals surface area (Å²) < 4.78 is 5.40. The van der Waals surface area contributed by atoms with Gasteiger partial charge in [-0.1, -0.05) is 24.3 Å². The normalized spacial score (nSPS) is 18.3. The fraction of sp³-hybridized carbons (Fsp3) is 0.346. The van der Waals surface area contributed by atoms with Gasteiger partial charge in [-0.3, -0.25) is 4.90 Å². The number of thiophene rings is 1. The SMILES string of the molecule is COc1cccc(CC[C@H]2CN(C3=Nc4ccccc4Nc4sc(C)cc43)CCN2C)c1. The van der Waals surface area contributed by atoms with E-state index in [-0.39, 0.29) is 0 Å². The molecule has 5 nitrogen and oxygen atoms in total. The van der Waals surface area contributed by atoms with Gasteiger partial charge in [0, 0.05) is 30.6 Å². The van der Waals surface area contributed by atoms with Crippen molar-refractivity contribution in [1.29, 1.82) is 0 Å². The molecule has 0 unspecified atom stereocenters. The van der Waals surface area contributed by atoms with Crippen LogP contribution >= 0.6 is 11.3 Å². The van der Waals surface area contributed by atoms with Gasteiger partial charge in [-0.25, -0.2) is 4.99 Å². The largest absolute Gasteiger partial charge is 0.497 e. The molecule has 166 valence electrons. The number of aliphatic imine (C=N–C) groups is 1. The third-order valence-electron chi connectivity index (χ3n) is 6.45. The van der Waals surface area contributed by atoms with Gasteiger partial charge in [-0.15, -0.1) is 11.3 Å². The Morgan fingerprint density at radius 2 is 2.00 bits per heavy atom. The number of hydrogen-bond donors (Lipinski definition) is 1. The van der Waals surface area contributed by atoms with Gasteiger partial charge >= 0.3 is 0 Å². The molecule has 2 aliphatic heterocycles. The van der Waals surface area contributed by atoms with Gasteiger partial charge in [0.2, 0.25) is 0 Å². The van der Waals surface area contributed by atoms with E-state index in [0.29, 0.717) is 6.04 Å². The van der Waals surface area contributed by atoms with Crippen LogP contribution in [0, 0.1) is 6.92 Å². The highest BCUT2D eigenvalue weighted by Crippen LogP contribution is 2.39. The van der Waals surface area contributed by atoms with Crippen molar-refractivity contribution in [1.82, 2.24) is 9.80 Å². The van der Waals surface area contributed by atoms with Crippen LogP contribution in [0.1, 0.15) is 22.4 Å². The molecule has 0 saturated carbocycles. The van der Waals surface area contributed by atoms with Gasteiger partial charge in [-0.05, 0) is 62.7 Å². The van der Waals surface area contributed by atoms with E-state index in [1.165, 1.54) is 21.0 Å². The maximum absolute atomic E-state index is 5.40. The van der Waals surface area contributed by atoms with E-state index < -0.39 is 0 Å². The summed E-state index contributed by atoms with van der Waals surface area (Å²) in [5.74, 6) is 2.03. The Kier molecular flexibility index (Phi) is 5.89. The van der Waals surface area contributed by atoms with E-state index in [1.807, 2.05) is 6.07 Å². The van der Waals surface area contributed by atoms with E-state index in [9.17, 15) is 0 Å². The Hall–Kier alpha value is -2.83. The van der Waals surface area contributed by atoms with Crippen LogP contribution in [0.5, 0.6) is 5.75 Å². The summed E-state index contributed by atoms with van der Waals surface area (Å²) in [6.45, 7) is 5.18. The molecule has 3 aromatic rings. The van der Waals surface area contributed by atoms with E-state index in [2.05, 4.69) is 77.6 Å². The van der Waals surface area contributed by atoms with Gasteiger partial charge in [-0.2, -0.15) is 0 Å². The standard InChI is InChI=1S/C26H30N4OS/c1-18-15-22-25(27-23-9-4-5-10-24(23)28-26(22)32-18)30-14-13-29(2)20(17-30)12-11-19-7-6-8-21(16-19)31-3/h4-10,15-16,20,28H,11-14,17H2,1-3H3/t20-/m0/s1. The average molecular weight is 447 g/mol. The van der Waals surface area contributed by atoms with Crippen LogP contribution in [0.2, 0.25) is 0 Å². The molecular weight excluding hydrogens is 416 g/mol. The maximum atomic E-state index is 5.40. The Bertz CT molecular complexity index is 1140. The first kappa shape index (κ1) is 21.0. The zero-order chi connectivity index (χ0) is 22.1. The van der Waals surface area contributed by atoms with Crippen molar-refractivity contribution in [2.75, 3.05) is 39.1 Å². The molecule has 1 N–H and O–H groups in total. The second kappa shape index (κ2) is 8.96. The number of amidine groups is 1. The van der Waals surface area contributed by atoms with Crippen molar-refractivity contribution in [2.24, 2.45) is 4.99 Å². The molecular formula is C26H30N4OS. The lowest BCUT2D eigenvalue weighted by molar-refractivity contribution is 0.134. The highest BCUT2D eigenvalue weighted by Gasteiger charge is 2.29. The summed E-state index contributed by atoms with van der Waals surface area (Å²) in [6.07, 6.45) is 2.15. The van der Waals surface area contributed by atoms with Crippen LogP contribution in [0.25, 0.3) is 0 Å². The summed E-state index contributed by atoms with van der Waals surface area (Å²) in [6, 6.07) is 19.5. The molecule has 3 heterocycles. The summed E-state index contributed by atoms with van der Waals surface area (Å²) in [4.78, 5) is 11.5. The first-order valence-electron chi connectivity index (χ1n) is 11.2. The first-order chi connectivity index (χ1) is 15.6. The number of methoxy groups -OCH3 is 1. The maximum Gasteiger partial charge on any atom is 0.139 e. The van der Waals surface area contributed by atoms with Crippen molar-refractivity contribution < 1.29 is 4.74 Å². The van der Waals surface area contributed by atoms with Crippen LogP contribution in [0.3, 0.4) is 0 Å². The molecule has 0 radical (unpaired) electrons. The lowest BCUT2D eigenvalue weighted by Crippen LogP contribution is -2.53. The minimum absolute atomic E-state index is 0.479. The third-order valence-corrected chi connectivity index (χ3v) is 7.42. The number of ether oxygens (including phenoxy) is 1. The summed E-state index contributed by atoms with van der Waals surface area (Å²) in [5.41, 5.74) is 4.64. The molecule has 6 heteroatoms. The molecule has 2 aliphatic rings. The minimum atomic E-state index is 0.479. The number of rotatable bonds is 4. The first-order valence-corrected chi connectivity index (χ1v) is 12.1. The number of aryl methyl sites for hydroxylation is 2. The van der Waals surface area contributed by atoms with Crippen molar-refractivity contribution in [3.05, 3.63) is 70.6 Å². The molecule has 2 aromatic carbocycles. The number of fused-ring (bicyclic) bond motifs is 2. The van der Waals surface area contributed by atoms with Crippen molar-refractivity contribution in [3.63, 3.8) is 0 Å². The number of piperazine rings is 1. The number of benzene rings is 2. The lowest BCUT2D eigenvalue weighted by atomic mass is 10.0. The summed E-state index contributed by atoms with van der Waals surface area (Å²) >= 11 is 1.81. The Balaban J connectivity index is 1.39. The zero-order valence-corrected chi connectivity index (χ0v) is 19.8. The molecule has 32 heavy (non-hydrogen) atoms. The predicted octanol–water partition coefficient (Wildman–Crippen LogP) is 5.45. The fourth-order valence-corrected chi connectivity index (χ4v) is 5.52. The van der Waals surface area contributed by atoms with Gasteiger partial charge < -0.3 is 15.0 Å². The molecule has 5 rings (SSSR count). The van der Waals surface area contributed by atoms with Crippen molar-refractivity contribution in [3.8, 4) is 5.75 Å². The quantitative estimate of drug-likeness (QED) is 0.579. The van der Waals surface area contributed by atoms with Crippen LogP contribution in [0.15, 0.2) is 59.6 Å². The number of nitrogens with zero attached hydrogens (tertiary/aromatic N) is 3. The molecule has 0 spiro atoms. The molecule has 1 saturated heterocycles. The molecule has 1 atom stereocenters. The molecule has 1 aromatic heterocycles. The van der Waals surface area contributed by atoms with E-state index in [1.54, 1.807) is 18.4 Å². The number of hydrogen-bond acceptors (Lipinski definition) is 6. The Morgan fingerprint density at radius 1 is 1.12 bits per heavy atom. The number of nitrogens with one attached hydrogen (secondary N) is 1. The van der Waals surface area contributed by atoms with Gasteiger partial charge in [0.05, 0.1) is 24.0 Å². The van der Waals surface area contributed by atoms with Crippen molar-refractivity contribution in [2.45, 2.75) is 25.8 Å². The predicted molar refractivity (Wildman–Crippen MR) is 134 cm³/mol. The van der Waals surface area contributed by atoms with E-state index in [0.717, 1.165) is 55.4 Å². The molecule has 0 bridgehead atoms. The zero-order valence-electron chi connectivity index (χ0n) is 19.0. The number of likely N-dealkylation sites (N-methyl/N-ethyl adjacent to an activating group) is 1. The van der Waals surface area contributed by atoms with Crippen LogP contribution in [-0.4, -0.2) is 55.5 Å². The number of anilines is 2. The molecule has 0 aliphatic carbocycles. The van der Waals surface area contributed by atoms with E-state index in [4.69, 9.17) is 9.73 Å². The second-order valence-corrected chi connectivity index (χ2v) is 9.90. The summed E-state index contributed by atoms with van der Waals surface area (Å²) in [5, 5.41) is 4.82. The van der Waals surface area contributed by atoms with E-state index >= 15 is 0 Å². The highest BCUT2D eigenvalue weighted by atomic mass is 32.1. The molecule has 1 fully saturated rings. The average Bonchev–Trinajstić information content (AvgIpc) is 3.10. The smallest absolute Gasteiger partial charge is 0.139 e. The Morgan fingerprint density at radius 3 is 2.88 bits per heavy atom. The Labute approximate surface area is 194 Å². The van der Waals surface area contributed by atoms with Gasteiger partial charge in [0.25, 0.3) is 0 Å². The van der Waals surface area contributed by atoms with Crippen LogP contribution < -0.4 is 10.1 Å². The van der Waals surface area contributed by atoms with Gasteiger partial charge in [0.15, 0.2) is 0 Å². The van der Waals surface area contributed by atoms with Crippen LogP contribution in [-0.2, 0) is 6.42 Å². The lowest BCUT2D eigenvalue weighted by Gasteiger charge is -2.41. The second-order valence-electron chi connectivity index (χ2n) is 8.65. The third kappa shape index (κ3) is 4.25. The summed E-state index contributed by atoms with van der Waals surface area (Å²) in [7, 11) is 3.98. The fourth-order valence-electron chi connectivity index (χ4n) is 4.60. The highest BCUT2D eigenvalue weighted by molar-refractivity contribution is 7.16. The molecule has 0 amide bonds. The minimum Gasteiger partial charge on any atom is -0.497 e. The van der Waals surface area contributed by atoms with Gasteiger partial charge in [0.1, 0.15) is 16.6 Å². The monoisotopic (exact) mass is 446 g/mol. The topological polar surface area (TPSA) is 40.1 Å². The van der Waals surface area contributed by atoms with Crippen LogP contribution in [0.4, 0.5) is 16.4 Å². The van der Waals surface area contributed by atoms with Crippen molar-refractivity contribution >= 4 is 33.5 Å². The number of para-hydroxylation sites is 2.